The molecule has 2 atom stereocenters. The van der Waals surface area contributed by atoms with Crippen LogP contribution < -0.4 is 5.32 Å². The number of likely N-dealkylation sites (N-methyl/N-ethyl adjacent to an activating group) is 1. The van der Waals surface area contributed by atoms with Crippen LogP contribution in [-0.2, 0) is 11.3 Å². The van der Waals surface area contributed by atoms with Crippen molar-refractivity contribution < 1.29 is 14.0 Å². The minimum atomic E-state index is -0.442. The van der Waals surface area contributed by atoms with Crippen LogP contribution in [0.15, 0.2) is 64.6 Å². The largest absolute Gasteiger partial charge is 0.468 e. The standard InChI is InChI=1S/C27H31N3O3S/c1-29-25(23-13-7-17-34-23)24(21-11-4-5-12-22(21)27(29)32)26(31)28-14-15-30(19-8-2-3-9-19)18-20-10-6-16-33-20/h4-7,10-13,16-17,19,24-25H,2-3,8-9,14-15,18H2,1H3,(H,28,31)/t24-,25+/m0/s1. The molecule has 5 rings (SSSR count). The topological polar surface area (TPSA) is 65.8 Å². The van der Waals surface area contributed by atoms with Gasteiger partial charge in [0.25, 0.3) is 5.91 Å². The maximum absolute atomic E-state index is 13.7. The number of thiophene rings is 1. The second-order valence-electron chi connectivity index (χ2n) is 9.22. The molecule has 7 heteroatoms. The molecule has 0 unspecified atom stereocenters. The van der Waals surface area contributed by atoms with Crippen molar-refractivity contribution in [3.05, 3.63) is 81.9 Å². The first-order valence-electron chi connectivity index (χ1n) is 12.1. The molecule has 1 aliphatic carbocycles. The minimum Gasteiger partial charge on any atom is -0.468 e. The Morgan fingerprint density at radius 1 is 1.15 bits per heavy atom. The van der Waals surface area contributed by atoms with Gasteiger partial charge >= 0.3 is 0 Å². The Hall–Kier alpha value is -2.90. The number of rotatable bonds is 8. The molecule has 2 aromatic heterocycles. The van der Waals surface area contributed by atoms with Crippen molar-refractivity contribution in [1.82, 2.24) is 15.1 Å². The normalized spacial score (nSPS) is 20.6. The Morgan fingerprint density at radius 3 is 2.71 bits per heavy atom. The van der Waals surface area contributed by atoms with Gasteiger partial charge in [-0.15, -0.1) is 11.3 Å². The molecule has 0 radical (unpaired) electrons. The molecule has 1 aliphatic heterocycles. The number of amides is 2. The van der Waals surface area contributed by atoms with E-state index in [1.807, 2.05) is 53.9 Å². The van der Waals surface area contributed by atoms with E-state index in [0.717, 1.165) is 29.3 Å². The Morgan fingerprint density at radius 2 is 1.97 bits per heavy atom. The highest BCUT2D eigenvalue weighted by Crippen LogP contribution is 2.43. The highest BCUT2D eigenvalue weighted by atomic mass is 32.1. The van der Waals surface area contributed by atoms with E-state index in [-0.39, 0.29) is 17.9 Å². The molecule has 34 heavy (non-hydrogen) atoms. The van der Waals surface area contributed by atoms with Crippen LogP contribution in [0.5, 0.6) is 0 Å². The van der Waals surface area contributed by atoms with Crippen LogP contribution in [0.3, 0.4) is 0 Å². The average molecular weight is 478 g/mol. The lowest BCUT2D eigenvalue weighted by molar-refractivity contribution is -0.124. The number of nitrogens with zero attached hydrogens (tertiary/aromatic N) is 2. The first kappa shape index (κ1) is 22.9. The Labute approximate surface area is 204 Å². The summed E-state index contributed by atoms with van der Waals surface area (Å²) in [6.45, 7) is 2.09. The fourth-order valence-electron chi connectivity index (χ4n) is 5.47. The third kappa shape index (κ3) is 4.55. The summed E-state index contributed by atoms with van der Waals surface area (Å²) in [5.41, 5.74) is 1.42. The maximum Gasteiger partial charge on any atom is 0.254 e. The Bertz CT molecular complexity index is 1110. The van der Waals surface area contributed by atoms with Crippen LogP contribution in [-0.4, -0.2) is 47.8 Å². The summed E-state index contributed by atoms with van der Waals surface area (Å²) in [4.78, 5) is 31.9. The molecule has 6 nitrogen and oxygen atoms in total. The molecule has 0 bridgehead atoms. The lowest BCUT2D eigenvalue weighted by Crippen LogP contribution is -2.47. The summed E-state index contributed by atoms with van der Waals surface area (Å²) >= 11 is 1.59. The minimum absolute atomic E-state index is 0.0328. The van der Waals surface area contributed by atoms with E-state index < -0.39 is 5.92 Å². The van der Waals surface area contributed by atoms with Crippen molar-refractivity contribution in [1.29, 1.82) is 0 Å². The van der Waals surface area contributed by atoms with E-state index in [1.165, 1.54) is 25.7 Å². The van der Waals surface area contributed by atoms with Crippen LogP contribution in [0.25, 0.3) is 0 Å². The highest BCUT2D eigenvalue weighted by molar-refractivity contribution is 7.10. The van der Waals surface area contributed by atoms with E-state index in [0.29, 0.717) is 18.2 Å². The molecule has 3 aromatic rings. The van der Waals surface area contributed by atoms with E-state index in [4.69, 9.17) is 4.42 Å². The Balaban J connectivity index is 1.33. The van der Waals surface area contributed by atoms with Crippen LogP contribution >= 0.6 is 11.3 Å². The van der Waals surface area contributed by atoms with Gasteiger partial charge in [-0.25, -0.2) is 0 Å². The predicted molar refractivity (Wildman–Crippen MR) is 133 cm³/mol. The lowest BCUT2D eigenvalue weighted by atomic mass is 9.82. The number of carbonyl (C=O) groups is 2. The van der Waals surface area contributed by atoms with E-state index in [1.54, 1.807) is 29.5 Å². The summed E-state index contributed by atoms with van der Waals surface area (Å²) in [7, 11) is 1.80. The molecule has 0 spiro atoms. The molecule has 3 heterocycles. The SMILES string of the molecule is CN1C(=O)c2ccccc2[C@H](C(=O)NCCN(Cc2ccco2)C2CCCC2)[C@H]1c1cccs1. The predicted octanol–water partition coefficient (Wildman–Crippen LogP) is 4.81. The van der Waals surface area contributed by atoms with Crippen molar-refractivity contribution in [3.63, 3.8) is 0 Å². The molecule has 1 N–H and O–H groups in total. The summed E-state index contributed by atoms with van der Waals surface area (Å²) in [5, 5.41) is 5.21. The zero-order valence-electron chi connectivity index (χ0n) is 19.5. The molecule has 2 amide bonds. The van der Waals surface area contributed by atoms with Crippen molar-refractivity contribution in [3.8, 4) is 0 Å². The Kier molecular flexibility index (Phi) is 6.83. The summed E-state index contributed by atoms with van der Waals surface area (Å²) in [6.07, 6.45) is 6.61. The molecular weight excluding hydrogens is 446 g/mol. The highest BCUT2D eigenvalue weighted by Gasteiger charge is 2.43. The monoisotopic (exact) mass is 477 g/mol. The van der Waals surface area contributed by atoms with Gasteiger partial charge < -0.3 is 14.6 Å². The summed E-state index contributed by atoms with van der Waals surface area (Å²) in [5.74, 6) is 0.443. The van der Waals surface area contributed by atoms with Gasteiger partial charge in [0.2, 0.25) is 5.91 Å². The van der Waals surface area contributed by atoms with Crippen LogP contribution in [0.2, 0.25) is 0 Å². The first-order valence-corrected chi connectivity index (χ1v) is 12.9. The third-order valence-corrected chi connectivity index (χ3v) is 8.12. The number of furan rings is 1. The fourth-order valence-corrected chi connectivity index (χ4v) is 6.37. The van der Waals surface area contributed by atoms with Gasteiger partial charge in [-0.1, -0.05) is 37.1 Å². The molecule has 1 aromatic carbocycles. The quantitative estimate of drug-likeness (QED) is 0.506. The third-order valence-electron chi connectivity index (χ3n) is 7.18. The number of fused-ring (bicyclic) bond motifs is 1. The first-order chi connectivity index (χ1) is 16.6. The molecule has 0 saturated heterocycles. The fraction of sp³-hybridized carbons (Fsp3) is 0.407. The summed E-state index contributed by atoms with van der Waals surface area (Å²) < 4.78 is 5.60. The maximum atomic E-state index is 13.7. The zero-order chi connectivity index (χ0) is 23.5. The second kappa shape index (κ2) is 10.2. The lowest BCUT2D eigenvalue weighted by Gasteiger charge is -2.39. The van der Waals surface area contributed by atoms with E-state index in [9.17, 15) is 9.59 Å². The molecule has 178 valence electrons. The van der Waals surface area contributed by atoms with E-state index in [2.05, 4.69) is 10.2 Å². The molecular formula is C27H31N3O3S. The number of hydrogen-bond donors (Lipinski definition) is 1. The number of nitrogens with one attached hydrogen (secondary N) is 1. The van der Waals surface area contributed by atoms with Crippen molar-refractivity contribution >= 4 is 23.2 Å². The van der Waals surface area contributed by atoms with Gasteiger partial charge in [0.15, 0.2) is 0 Å². The van der Waals surface area contributed by atoms with Crippen molar-refractivity contribution in [2.45, 2.75) is 50.2 Å². The number of carbonyl (C=O) groups excluding carboxylic acids is 2. The van der Waals surface area contributed by atoms with Crippen molar-refractivity contribution in [2.24, 2.45) is 0 Å². The molecule has 2 aliphatic rings. The van der Waals surface area contributed by atoms with Gasteiger partial charge in [-0.3, -0.25) is 14.5 Å². The van der Waals surface area contributed by atoms with Gasteiger partial charge in [0.05, 0.1) is 24.8 Å². The number of benzene rings is 1. The molecule has 1 fully saturated rings. The van der Waals surface area contributed by atoms with E-state index >= 15 is 0 Å². The zero-order valence-corrected chi connectivity index (χ0v) is 20.3. The van der Waals surface area contributed by atoms with Gasteiger partial charge in [0, 0.05) is 36.6 Å². The van der Waals surface area contributed by atoms with Crippen LogP contribution in [0, 0.1) is 0 Å². The second-order valence-corrected chi connectivity index (χ2v) is 10.2. The van der Waals surface area contributed by atoms with Crippen LogP contribution in [0.4, 0.5) is 0 Å². The number of hydrogen-bond acceptors (Lipinski definition) is 5. The van der Waals surface area contributed by atoms with Gasteiger partial charge in [-0.2, -0.15) is 0 Å². The van der Waals surface area contributed by atoms with Crippen molar-refractivity contribution in [2.75, 3.05) is 20.1 Å². The van der Waals surface area contributed by atoms with Crippen LogP contribution in [0.1, 0.15) is 64.2 Å². The smallest absolute Gasteiger partial charge is 0.254 e. The average Bonchev–Trinajstić information content (AvgIpc) is 3.64. The summed E-state index contributed by atoms with van der Waals surface area (Å²) in [6, 6.07) is 15.7. The molecule has 1 saturated carbocycles. The van der Waals surface area contributed by atoms with Gasteiger partial charge in [0.1, 0.15) is 5.76 Å². The van der Waals surface area contributed by atoms with Gasteiger partial charge in [-0.05, 0) is 48.1 Å².